The van der Waals surface area contributed by atoms with E-state index in [-0.39, 0.29) is 0 Å². The first kappa shape index (κ1) is 35.4. The van der Waals surface area contributed by atoms with E-state index in [1.807, 2.05) is 90.5 Å². The summed E-state index contributed by atoms with van der Waals surface area (Å²) in [4.78, 5) is 0. The molecule has 5 aromatic rings. The summed E-state index contributed by atoms with van der Waals surface area (Å²) in [6, 6.07) is 27.5. The van der Waals surface area contributed by atoms with Gasteiger partial charge in [-0.1, -0.05) is 42.5 Å². The van der Waals surface area contributed by atoms with Crippen molar-refractivity contribution in [3.05, 3.63) is 102 Å². The van der Waals surface area contributed by atoms with Crippen LogP contribution < -0.4 is 19.9 Å². The Hall–Kier alpha value is -4.39. The summed E-state index contributed by atoms with van der Waals surface area (Å²) < 4.78 is 52.7. The zero-order valence-electron chi connectivity index (χ0n) is 28.8. The SMILES string of the molecule is CCOC(c1cccc(-c2ccc(OC)cc2)c1-c1ccc(OC)cc1)C1OC(n2cc(CCCN)c3cc(NS(C)(=O)=O)ccc32)CC1O. The first-order valence-electron chi connectivity index (χ1n) is 16.8. The molecule has 0 spiro atoms. The minimum absolute atomic E-state index is 0.341. The van der Waals surface area contributed by atoms with Crippen molar-refractivity contribution in [2.45, 2.75) is 50.7 Å². The maximum Gasteiger partial charge on any atom is 0.229 e. The van der Waals surface area contributed by atoms with Crippen LogP contribution in [-0.2, 0) is 25.9 Å². The summed E-state index contributed by atoms with van der Waals surface area (Å²) in [5, 5.41) is 12.6. The largest absolute Gasteiger partial charge is 0.497 e. The number of nitrogens with one attached hydrogen (secondary N) is 1. The van der Waals surface area contributed by atoms with Crippen LogP contribution in [0.5, 0.6) is 11.5 Å². The van der Waals surface area contributed by atoms with Crippen molar-refractivity contribution in [2.24, 2.45) is 5.73 Å². The fourth-order valence-corrected chi connectivity index (χ4v) is 7.45. The molecule has 0 aliphatic carbocycles. The lowest BCUT2D eigenvalue weighted by Gasteiger charge is -2.29. The summed E-state index contributed by atoms with van der Waals surface area (Å²) in [6.45, 7) is 2.87. The Morgan fingerprint density at radius 2 is 1.66 bits per heavy atom. The lowest BCUT2D eigenvalue weighted by atomic mass is 9.86. The molecule has 6 rings (SSSR count). The van der Waals surface area contributed by atoms with E-state index in [0.29, 0.717) is 31.7 Å². The van der Waals surface area contributed by atoms with E-state index in [9.17, 15) is 13.5 Å². The molecular weight excluding hydrogens is 655 g/mol. The molecule has 4 aromatic carbocycles. The number of nitrogens with zero attached hydrogens (tertiary/aromatic N) is 1. The standard InChI is InChI=1S/C39H45N3O7S/c1-5-48-38(32-10-6-9-31(25-11-16-29(46-2)17-12-25)37(32)26-13-18-30(47-3)19-14-26)39-35(43)23-36(49-39)42-24-27(8-7-21-40)33-22-28(15-20-34(33)42)41-50(4,44)45/h6,9-20,22,24,35-36,38-39,41,43H,5,7-8,21,23,40H2,1-4H3. The molecule has 1 saturated heterocycles. The molecule has 10 nitrogen and oxygen atoms in total. The summed E-state index contributed by atoms with van der Waals surface area (Å²) in [6.07, 6.45) is 2.39. The second-order valence-electron chi connectivity index (χ2n) is 12.5. The number of aliphatic hydroxyl groups is 1. The van der Waals surface area contributed by atoms with Gasteiger partial charge in [-0.05, 0) is 102 Å². The molecule has 0 amide bonds. The third-order valence-corrected chi connectivity index (χ3v) is 9.75. The number of hydrogen-bond acceptors (Lipinski definition) is 8. The number of nitrogens with two attached hydrogens (primary N) is 1. The summed E-state index contributed by atoms with van der Waals surface area (Å²) in [7, 11) is -0.158. The number of anilines is 1. The highest BCUT2D eigenvalue weighted by Gasteiger charge is 2.42. The normalized spacial score (nSPS) is 18.3. The number of aliphatic hydroxyl groups excluding tert-OH is 1. The second kappa shape index (κ2) is 15.2. The zero-order chi connectivity index (χ0) is 35.4. The summed E-state index contributed by atoms with van der Waals surface area (Å²) in [5.74, 6) is 1.52. The van der Waals surface area contributed by atoms with Gasteiger partial charge in [0.05, 0.1) is 32.1 Å². The third kappa shape index (κ3) is 7.52. The molecule has 1 fully saturated rings. The van der Waals surface area contributed by atoms with Gasteiger partial charge in [0.15, 0.2) is 0 Å². The van der Waals surface area contributed by atoms with E-state index in [4.69, 9.17) is 24.7 Å². The van der Waals surface area contributed by atoms with E-state index in [1.54, 1.807) is 20.3 Å². The van der Waals surface area contributed by atoms with Crippen LogP contribution in [-0.4, -0.2) is 63.9 Å². The predicted molar refractivity (Wildman–Crippen MR) is 197 cm³/mol. The van der Waals surface area contributed by atoms with Crippen LogP contribution in [0.4, 0.5) is 5.69 Å². The number of aromatic nitrogens is 1. The number of ether oxygens (including phenoxy) is 4. The average Bonchev–Trinajstić information content (AvgIpc) is 3.68. The maximum atomic E-state index is 12.0. The van der Waals surface area contributed by atoms with Crippen molar-refractivity contribution in [3.8, 4) is 33.8 Å². The van der Waals surface area contributed by atoms with Gasteiger partial charge in [-0.2, -0.15) is 0 Å². The smallest absolute Gasteiger partial charge is 0.229 e. The van der Waals surface area contributed by atoms with Crippen molar-refractivity contribution >= 4 is 26.6 Å². The van der Waals surface area contributed by atoms with E-state index in [0.717, 1.165) is 68.5 Å². The van der Waals surface area contributed by atoms with Crippen LogP contribution in [0.1, 0.15) is 43.2 Å². The van der Waals surface area contributed by atoms with Gasteiger partial charge < -0.3 is 34.4 Å². The van der Waals surface area contributed by atoms with Crippen LogP contribution in [0.2, 0.25) is 0 Å². The van der Waals surface area contributed by atoms with Gasteiger partial charge in [-0.25, -0.2) is 8.42 Å². The molecule has 0 bridgehead atoms. The number of rotatable bonds is 14. The predicted octanol–water partition coefficient (Wildman–Crippen LogP) is 6.68. The van der Waals surface area contributed by atoms with Crippen LogP contribution in [0.15, 0.2) is 91.1 Å². The van der Waals surface area contributed by atoms with Crippen LogP contribution in [0.3, 0.4) is 0 Å². The highest BCUT2D eigenvalue weighted by molar-refractivity contribution is 7.92. The molecule has 0 radical (unpaired) electrons. The molecule has 0 saturated carbocycles. The monoisotopic (exact) mass is 699 g/mol. The number of sulfonamides is 1. The quantitative estimate of drug-likeness (QED) is 0.117. The Labute approximate surface area is 293 Å². The minimum Gasteiger partial charge on any atom is -0.497 e. The Kier molecular flexibility index (Phi) is 10.8. The molecule has 2 heterocycles. The topological polar surface area (TPSA) is 134 Å². The van der Waals surface area contributed by atoms with E-state index >= 15 is 0 Å². The Bertz CT molecular complexity index is 2030. The molecule has 4 unspecified atom stereocenters. The molecule has 1 aliphatic rings. The molecule has 4 atom stereocenters. The fraction of sp³-hybridized carbons (Fsp3) is 0.333. The van der Waals surface area contributed by atoms with E-state index in [2.05, 4.69) is 10.8 Å². The lowest BCUT2D eigenvalue weighted by Crippen LogP contribution is -2.31. The molecule has 1 aliphatic heterocycles. The van der Waals surface area contributed by atoms with Crippen molar-refractivity contribution in [2.75, 3.05) is 38.3 Å². The van der Waals surface area contributed by atoms with Gasteiger partial charge in [0.2, 0.25) is 10.0 Å². The number of methoxy groups -OCH3 is 2. The second-order valence-corrected chi connectivity index (χ2v) is 14.3. The number of fused-ring (bicyclic) bond motifs is 1. The maximum absolute atomic E-state index is 12.0. The molecular formula is C39H45N3O7S. The van der Waals surface area contributed by atoms with Gasteiger partial charge in [-0.15, -0.1) is 0 Å². The Balaban J connectivity index is 1.41. The zero-order valence-corrected chi connectivity index (χ0v) is 29.7. The molecule has 50 heavy (non-hydrogen) atoms. The van der Waals surface area contributed by atoms with Gasteiger partial charge in [-0.3, -0.25) is 4.72 Å². The molecule has 264 valence electrons. The van der Waals surface area contributed by atoms with Gasteiger partial charge in [0, 0.05) is 30.3 Å². The first-order valence-corrected chi connectivity index (χ1v) is 18.7. The highest BCUT2D eigenvalue weighted by Crippen LogP contribution is 2.45. The average molecular weight is 700 g/mol. The van der Waals surface area contributed by atoms with E-state index in [1.165, 1.54) is 0 Å². The summed E-state index contributed by atoms with van der Waals surface area (Å²) in [5.41, 5.74) is 13.1. The molecule has 1 aromatic heterocycles. The molecule has 4 N–H and O–H groups in total. The number of aryl methyl sites for hydroxylation is 1. The Morgan fingerprint density at radius 3 is 2.28 bits per heavy atom. The number of hydrogen-bond donors (Lipinski definition) is 3. The van der Waals surface area contributed by atoms with Gasteiger partial charge in [0.1, 0.15) is 29.9 Å². The first-order chi connectivity index (χ1) is 24.1. The van der Waals surface area contributed by atoms with Crippen molar-refractivity contribution < 1.29 is 32.5 Å². The highest BCUT2D eigenvalue weighted by atomic mass is 32.2. The van der Waals surface area contributed by atoms with Crippen LogP contribution in [0, 0.1) is 0 Å². The van der Waals surface area contributed by atoms with Crippen molar-refractivity contribution in [1.82, 2.24) is 4.57 Å². The van der Waals surface area contributed by atoms with Gasteiger partial charge >= 0.3 is 0 Å². The third-order valence-electron chi connectivity index (χ3n) is 9.14. The fourth-order valence-electron chi connectivity index (χ4n) is 6.89. The van der Waals surface area contributed by atoms with Crippen molar-refractivity contribution in [1.29, 1.82) is 0 Å². The number of benzene rings is 4. The molecule has 11 heteroatoms. The summed E-state index contributed by atoms with van der Waals surface area (Å²) >= 11 is 0. The van der Waals surface area contributed by atoms with Crippen LogP contribution in [0.25, 0.3) is 33.2 Å². The van der Waals surface area contributed by atoms with Gasteiger partial charge in [0.25, 0.3) is 0 Å². The lowest BCUT2D eigenvalue weighted by molar-refractivity contribution is -0.106. The Morgan fingerprint density at radius 1 is 0.980 bits per heavy atom. The van der Waals surface area contributed by atoms with Crippen molar-refractivity contribution in [3.63, 3.8) is 0 Å². The minimum atomic E-state index is -3.45. The van der Waals surface area contributed by atoms with Crippen LogP contribution >= 0.6 is 0 Å². The van der Waals surface area contributed by atoms with E-state index < -0.39 is 34.6 Å².